The number of aliphatic hydroxyl groups is 1. The fourth-order valence-corrected chi connectivity index (χ4v) is 2.51. The second-order valence-corrected chi connectivity index (χ2v) is 4.64. The Morgan fingerprint density at radius 3 is 2.61 bits per heavy atom. The van der Waals surface area contributed by atoms with E-state index in [1.807, 2.05) is 12.1 Å². The van der Waals surface area contributed by atoms with Crippen LogP contribution in [0.5, 0.6) is 0 Å². The predicted octanol–water partition coefficient (Wildman–Crippen LogP) is 2.32. The maximum Gasteiger partial charge on any atom is 0.0624 e. The summed E-state index contributed by atoms with van der Waals surface area (Å²) in [6, 6.07) is 14.2. The van der Waals surface area contributed by atoms with Gasteiger partial charge in [-0.3, -0.25) is 0 Å². The van der Waals surface area contributed by atoms with Crippen molar-refractivity contribution in [3.8, 4) is 0 Å². The zero-order valence-corrected chi connectivity index (χ0v) is 10.3. The standard InChI is InChI=1S/C15H16N2O/c1-17-14-5-3-2-4-11(14)12-7-6-10(8-15(12)17)13(16)9-18/h2-8,13,18H,9,16H2,1H3/t13-/m1/s1. The summed E-state index contributed by atoms with van der Waals surface area (Å²) < 4.78 is 2.16. The SMILES string of the molecule is Cn1c2ccccc2c2ccc([C@H](N)CO)cc21. The van der Waals surface area contributed by atoms with Crippen LogP contribution in [0, 0.1) is 0 Å². The Hall–Kier alpha value is -1.84. The van der Waals surface area contributed by atoms with Crippen LogP contribution in [0.2, 0.25) is 0 Å². The monoisotopic (exact) mass is 240 g/mol. The first-order valence-electron chi connectivity index (χ1n) is 6.06. The first-order chi connectivity index (χ1) is 8.72. The molecule has 3 nitrogen and oxygen atoms in total. The number of aliphatic hydroxyl groups excluding tert-OH is 1. The number of fused-ring (bicyclic) bond motifs is 3. The summed E-state index contributed by atoms with van der Waals surface area (Å²) in [4.78, 5) is 0. The predicted molar refractivity (Wildman–Crippen MR) is 74.4 cm³/mol. The molecule has 0 radical (unpaired) electrons. The Labute approximate surface area is 105 Å². The van der Waals surface area contributed by atoms with E-state index in [0.29, 0.717) is 0 Å². The van der Waals surface area contributed by atoms with Crippen LogP contribution < -0.4 is 5.73 Å². The van der Waals surface area contributed by atoms with Crippen LogP contribution in [-0.2, 0) is 7.05 Å². The van der Waals surface area contributed by atoms with E-state index in [1.54, 1.807) is 0 Å². The summed E-state index contributed by atoms with van der Waals surface area (Å²) in [6.07, 6.45) is 0. The summed E-state index contributed by atoms with van der Waals surface area (Å²) in [5.74, 6) is 0. The number of nitrogens with two attached hydrogens (primary N) is 1. The molecule has 0 unspecified atom stereocenters. The minimum absolute atomic E-state index is 0.0323. The van der Waals surface area contributed by atoms with E-state index >= 15 is 0 Å². The van der Waals surface area contributed by atoms with Gasteiger partial charge in [-0.25, -0.2) is 0 Å². The fourth-order valence-electron chi connectivity index (χ4n) is 2.51. The molecule has 1 aromatic heterocycles. The van der Waals surface area contributed by atoms with Crippen molar-refractivity contribution in [3.05, 3.63) is 48.0 Å². The molecule has 0 aliphatic heterocycles. The minimum Gasteiger partial charge on any atom is -0.394 e. The van der Waals surface area contributed by atoms with Crippen LogP contribution in [0.25, 0.3) is 21.8 Å². The van der Waals surface area contributed by atoms with Crippen molar-refractivity contribution in [2.75, 3.05) is 6.61 Å². The molecule has 3 N–H and O–H groups in total. The van der Waals surface area contributed by atoms with Crippen molar-refractivity contribution < 1.29 is 5.11 Å². The van der Waals surface area contributed by atoms with Crippen molar-refractivity contribution in [2.24, 2.45) is 12.8 Å². The van der Waals surface area contributed by atoms with Crippen molar-refractivity contribution in [2.45, 2.75) is 6.04 Å². The van der Waals surface area contributed by atoms with Crippen LogP contribution in [-0.4, -0.2) is 16.3 Å². The fraction of sp³-hybridized carbons (Fsp3) is 0.200. The average molecular weight is 240 g/mol. The highest BCUT2D eigenvalue weighted by molar-refractivity contribution is 6.08. The molecule has 92 valence electrons. The van der Waals surface area contributed by atoms with Crippen molar-refractivity contribution in [1.29, 1.82) is 0 Å². The van der Waals surface area contributed by atoms with E-state index in [4.69, 9.17) is 10.8 Å². The number of rotatable bonds is 2. The molecule has 0 saturated carbocycles. The molecule has 0 aliphatic carbocycles. The van der Waals surface area contributed by atoms with Crippen molar-refractivity contribution in [3.63, 3.8) is 0 Å². The van der Waals surface area contributed by atoms with E-state index in [0.717, 1.165) is 11.1 Å². The molecule has 0 amide bonds. The average Bonchev–Trinajstić information content (AvgIpc) is 2.72. The second-order valence-electron chi connectivity index (χ2n) is 4.64. The Morgan fingerprint density at radius 2 is 1.83 bits per heavy atom. The third-order valence-electron chi connectivity index (χ3n) is 3.56. The summed E-state index contributed by atoms with van der Waals surface area (Å²) in [6.45, 7) is -0.0323. The zero-order valence-electron chi connectivity index (χ0n) is 10.3. The van der Waals surface area contributed by atoms with E-state index in [9.17, 15) is 0 Å². The highest BCUT2D eigenvalue weighted by atomic mass is 16.3. The highest BCUT2D eigenvalue weighted by Gasteiger charge is 2.10. The largest absolute Gasteiger partial charge is 0.394 e. The molecular formula is C15H16N2O. The van der Waals surface area contributed by atoms with Gasteiger partial charge in [0.15, 0.2) is 0 Å². The Balaban J connectivity index is 2.35. The first-order valence-corrected chi connectivity index (χ1v) is 6.06. The summed E-state index contributed by atoms with van der Waals surface area (Å²) in [7, 11) is 2.05. The van der Waals surface area contributed by atoms with Gasteiger partial charge in [0.1, 0.15) is 0 Å². The number of nitrogens with zero attached hydrogens (tertiary/aromatic N) is 1. The number of hydrogen-bond donors (Lipinski definition) is 2. The van der Waals surface area contributed by atoms with Gasteiger partial charge in [-0.15, -0.1) is 0 Å². The lowest BCUT2D eigenvalue weighted by atomic mass is 10.1. The van der Waals surface area contributed by atoms with Crippen molar-refractivity contribution in [1.82, 2.24) is 4.57 Å². The Bertz CT molecular complexity index is 715. The third-order valence-corrected chi connectivity index (χ3v) is 3.56. The molecule has 0 spiro atoms. The Kier molecular flexibility index (Phi) is 2.58. The van der Waals surface area contributed by atoms with E-state index in [1.165, 1.54) is 16.3 Å². The van der Waals surface area contributed by atoms with Crippen LogP contribution in [0.15, 0.2) is 42.5 Å². The van der Waals surface area contributed by atoms with E-state index in [-0.39, 0.29) is 12.6 Å². The first kappa shape index (κ1) is 11.3. The van der Waals surface area contributed by atoms with Gasteiger partial charge in [0.05, 0.1) is 12.6 Å². The van der Waals surface area contributed by atoms with Crippen LogP contribution in [0.1, 0.15) is 11.6 Å². The smallest absolute Gasteiger partial charge is 0.0624 e. The summed E-state index contributed by atoms with van der Waals surface area (Å²) in [5.41, 5.74) is 9.20. The molecule has 2 aromatic carbocycles. The number of hydrogen-bond acceptors (Lipinski definition) is 2. The lowest BCUT2D eigenvalue weighted by molar-refractivity contribution is 0.268. The van der Waals surface area contributed by atoms with Gasteiger partial charge in [0, 0.05) is 28.9 Å². The number of aryl methyl sites for hydroxylation is 1. The van der Waals surface area contributed by atoms with Crippen LogP contribution >= 0.6 is 0 Å². The summed E-state index contributed by atoms with van der Waals surface area (Å²) >= 11 is 0. The molecule has 1 heterocycles. The molecule has 0 bridgehead atoms. The molecule has 3 aromatic rings. The molecule has 18 heavy (non-hydrogen) atoms. The lowest BCUT2D eigenvalue weighted by Crippen LogP contribution is -2.14. The van der Waals surface area contributed by atoms with Gasteiger partial charge >= 0.3 is 0 Å². The molecular weight excluding hydrogens is 224 g/mol. The number of para-hydroxylation sites is 1. The van der Waals surface area contributed by atoms with Gasteiger partial charge in [-0.2, -0.15) is 0 Å². The van der Waals surface area contributed by atoms with Gasteiger partial charge < -0.3 is 15.4 Å². The van der Waals surface area contributed by atoms with Gasteiger partial charge in [0.25, 0.3) is 0 Å². The zero-order chi connectivity index (χ0) is 12.7. The lowest BCUT2D eigenvalue weighted by Gasteiger charge is -2.08. The minimum atomic E-state index is -0.313. The van der Waals surface area contributed by atoms with Gasteiger partial charge in [-0.05, 0) is 17.7 Å². The molecule has 1 atom stereocenters. The second kappa shape index (κ2) is 4.12. The normalized spacial score (nSPS) is 13.3. The van der Waals surface area contributed by atoms with Crippen LogP contribution in [0.3, 0.4) is 0 Å². The molecule has 0 aliphatic rings. The van der Waals surface area contributed by atoms with Crippen molar-refractivity contribution >= 4 is 21.8 Å². The molecule has 3 heteroatoms. The molecule has 0 fully saturated rings. The Morgan fingerprint density at radius 1 is 1.11 bits per heavy atom. The maximum absolute atomic E-state index is 9.14. The maximum atomic E-state index is 9.14. The highest BCUT2D eigenvalue weighted by Crippen LogP contribution is 2.29. The number of benzene rings is 2. The van der Waals surface area contributed by atoms with Gasteiger partial charge in [-0.1, -0.05) is 30.3 Å². The summed E-state index contributed by atoms with van der Waals surface area (Å²) in [5, 5.41) is 11.6. The van der Waals surface area contributed by atoms with E-state index in [2.05, 4.69) is 41.9 Å². The topological polar surface area (TPSA) is 51.2 Å². The van der Waals surface area contributed by atoms with Gasteiger partial charge in [0.2, 0.25) is 0 Å². The van der Waals surface area contributed by atoms with Crippen LogP contribution in [0.4, 0.5) is 0 Å². The van der Waals surface area contributed by atoms with E-state index < -0.39 is 0 Å². The molecule has 3 rings (SSSR count). The number of aromatic nitrogens is 1. The third kappa shape index (κ3) is 1.52. The molecule has 0 saturated heterocycles. The quantitative estimate of drug-likeness (QED) is 0.722.